The molecule has 1 rings (SSSR count). The summed E-state index contributed by atoms with van der Waals surface area (Å²) >= 11 is 0. The van der Waals surface area contributed by atoms with Crippen molar-refractivity contribution in [3.63, 3.8) is 0 Å². The molecule has 0 saturated carbocycles. The van der Waals surface area contributed by atoms with Gasteiger partial charge in [0.2, 0.25) is 6.54 Å². The first-order valence-corrected chi connectivity index (χ1v) is 3.33. The third-order valence-electron chi connectivity index (χ3n) is 1.42. The van der Waals surface area contributed by atoms with Gasteiger partial charge in [-0.25, -0.2) is 6.57 Å². The molecule has 0 N–H and O–H groups in total. The van der Waals surface area contributed by atoms with E-state index < -0.39 is 0 Å². The summed E-state index contributed by atoms with van der Waals surface area (Å²) in [5, 5.41) is 0. The van der Waals surface area contributed by atoms with Gasteiger partial charge in [-0.15, -0.1) is 0 Å². The van der Waals surface area contributed by atoms with E-state index in [9.17, 15) is 0 Å². The smallest absolute Gasteiger partial charge is 0.239 e. The van der Waals surface area contributed by atoms with E-state index in [1.54, 1.807) is 7.11 Å². The van der Waals surface area contributed by atoms with Gasteiger partial charge in [-0.05, 0) is 24.3 Å². The normalized spacial score (nSPS) is 8.73. The molecular formula is C9H9NO. The van der Waals surface area contributed by atoms with Crippen molar-refractivity contribution in [2.75, 3.05) is 7.11 Å². The average Bonchev–Trinajstić information content (AvgIpc) is 2.07. The van der Waals surface area contributed by atoms with Crippen LogP contribution in [-0.4, -0.2) is 7.11 Å². The molecule has 0 aliphatic rings. The number of ether oxygens (including phenoxy) is 1. The molecule has 0 atom stereocenters. The molecule has 2 nitrogen and oxygen atoms in total. The van der Waals surface area contributed by atoms with E-state index in [0.717, 1.165) is 11.3 Å². The summed E-state index contributed by atoms with van der Waals surface area (Å²) in [6.07, 6.45) is 0. The third kappa shape index (κ3) is 1.98. The van der Waals surface area contributed by atoms with Crippen LogP contribution in [-0.2, 0) is 6.54 Å². The third-order valence-corrected chi connectivity index (χ3v) is 1.42. The van der Waals surface area contributed by atoms with Crippen molar-refractivity contribution < 1.29 is 4.74 Å². The zero-order valence-corrected chi connectivity index (χ0v) is 6.37. The van der Waals surface area contributed by atoms with E-state index in [1.165, 1.54) is 0 Å². The van der Waals surface area contributed by atoms with Crippen LogP contribution in [0, 0.1) is 6.57 Å². The highest BCUT2D eigenvalue weighted by molar-refractivity contribution is 5.27. The van der Waals surface area contributed by atoms with Gasteiger partial charge in [-0.1, -0.05) is 0 Å². The summed E-state index contributed by atoms with van der Waals surface area (Å²) in [5.41, 5.74) is 1.03. The number of methoxy groups -OCH3 is 1. The fourth-order valence-electron chi connectivity index (χ4n) is 0.822. The minimum Gasteiger partial charge on any atom is -0.497 e. The summed E-state index contributed by atoms with van der Waals surface area (Å²) in [5.74, 6) is 0.832. The van der Waals surface area contributed by atoms with Gasteiger partial charge in [-0.3, -0.25) is 0 Å². The Hall–Kier alpha value is -1.49. The van der Waals surface area contributed by atoms with Crippen LogP contribution in [0.15, 0.2) is 24.3 Å². The highest BCUT2D eigenvalue weighted by Crippen LogP contribution is 2.11. The van der Waals surface area contributed by atoms with Gasteiger partial charge in [-0.2, -0.15) is 0 Å². The highest BCUT2D eigenvalue weighted by atomic mass is 16.5. The van der Waals surface area contributed by atoms with Crippen molar-refractivity contribution in [1.82, 2.24) is 0 Å². The van der Waals surface area contributed by atoms with Crippen LogP contribution in [0.25, 0.3) is 4.85 Å². The highest BCUT2D eigenvalue weighted by Gasteiger charge is 1.94. The molecule has 0 unspecified atom stereocenters. The molecule has 2 heteroatoms. The van der Waals surface area contributed by atoms with Crippen LogP contribution in [0.2, 0.25) is 0 Å². The molecule has 1 aromatic carbocycles. The number of benzene rings is 1. The molecule has 0 heterocycles. The molecule has 0 radical (unpaired) electrons. The van der Waals surface area contributed by atoms with Crippen molar-refractivity contribution in [3.8, 4) is 5.75 Å². The molecule has 0 spiro atoms. The Bertz CT molecular complexity index is 258. The Morgan fingerprint density at radius 3 is 2.45 bits per heavy atom. The van der Waals surface area contributed by atoms with Gasteiger partial charge in [0.05, 0.1) is 7.11 Å². The molecule has 0 amide bonds. The Morgan fingerprint density at radius 1 is 1.36 bits per heavy atom. The molecule has 1 aromatic rings. The first-order valence-electron chi connectivity index (χ1n) is 3.33. The standard InChI is InChI=1S/C9H9NO/c1-10-7-8-3-5-9(11-2)6-4-8/h3-6H,7H2,2H3. The van der Waals surface area contributed by atoms with Crippen LogP contribution in [0.1, 0.15) is 5.56 Å². The lowest BCUT2D eigenvalue weighted by molar-refractivity contribution is 0.414. The summed E-state index contributed by atoms with van der Waals surface area (Å²) in [6.45, 7) is 7.08. The van der Waals surface area contributed by atoms with Crippen LogP contribution in [0.4, 0.5) is 0 Å². The van der Waals surface area contributed by atoms with E-state index >= 15 is 0 Å². The van der Waals surface area contributed by atoms with Gasteiger partial charge in [0.1, 0.15) is 5.75 Å². The lowest BCUT2D eigenvalue weighted by Crippen LogP contribution is -1.83. The predicted octanol–water partition coefficient (Wildman–Crippen LogP) is 2.11. The van der Waals surface area contributed by atoms with E-state index in [4.69, 9.17) is 11.3 Å². The molecule has 0 saturated heterocycles. The fraction of sp³-hybridized carbons (Fsp3) is 0.222. The van der Waals surface area contributed by atoms with Crippen LogP contribution in [0.5, 0.6) is 5.75 Å². The molecule has 56 valence electrons. The second kappa shape index (κ2) is 3.62. The maximum absolute atomic E-state index is 6.63. The SMILES string of the molecule is [C-]#[N+]Cc1ccc(OC)cc1. The lowest BCUT2D eigenvalue weighted by atomic mass is 10.2. The Kier molecular flexibility index (Phi) is 2.51. The van der Waals surface area contributed by atoms with E-state index in [2.05, 4.69) is 4.85 Å². The lowest BCUT2D eigenvalue weighted by Gasteiger charge is -1.97. The number of hydrogen-bond acceptors (Lipinski definition) is 1. The van der Waals surface area contributed by atoms with Gasteiger partial charge in [0, 0.05) is 5.56 Å². The largest absolute Gasteiger partial charge is 0.497 e. The second-order valence-electron chi connectivity index (χ2n) is 2.16. The Labute approximate surface area is 66.2 Å². The van der Waals surface area contributed by atoms with Crippen molar-refractivity contribution in [1.29, 1.82) is 0 Å². The van der Waals surface area contributed by atoms with Gasteiger partial charge in [0.15, 0.2) is 0 Å². The van der Waals surface area contributed by atoms with Gasteiger partial charge < -0.3 is 9.58 Å². The van der Waals surface area contributed by atoms with Crippen molar-refractivity contribution in [2.45, 2.75) is 6.54 Å². The maximum Gasteiger partial charge on any atom is 0.239 e. The number of hydrogen-bond donors (Lipinski definition) is 0. The summed E-state index contributed by atoms with van der Waals surface area (Å²) in [4.78, 5) is 3.27. The van der Waals surface area contributed by atoms with E-state index in [-0.39, 0.29) is 0 Å². The summed E-state index contributed by atoms with van der Waals surface area (Å²) in [7, 11) is 1.63. The Morgan fingerprint density at radius 2 is 2.00 bits per heavy atom. The summed E-state index contributed by atoms with van der Waals surface area (Å²) < 4.78 is 4.97. The van der Waals surface area contributed by atoms with Crippen molar-refractivity contribution in [2.24, 2.45) is 0 Å². The van der Waals surface area contributed by atoms with Crippen LogP contribution < -0.4 is 4.74 Å². The molecule has 0 aliphatic heterocycles. The van der Waals surface area contributed by atoms with Gasteiger partial charge in [0.25, 0.3) is 0 Å². The molecular weight excluding hydrogens is 138 g/mol. The Balaban J connectivity index is 2.76. The maximum atomic E-state index is 6.63. The molecule has 0 aromatic heterocycles. The van der Waals surface area contributed by atoms with Gasteiger partial charge >= 0.3 is 0 Å². The van der Waals surface area contributed by atoms with Crippen molar-refractivity contribution in [3.05, 3.63) is 41.2 Å². The average molecular weight is 147 g/mol. The first kappa shape index (κ1) is 7.62. The minimum atomic E-state index is 0.448. The monoisotopic (exact) mass is 147 g/mol. The molecule has 11 heavy (non-hydrogen) atoms. The van der Waals surface area contributed by atoms with E-state index in [1.807, 2.05) is 24.3 Å². The van der Waals surface area contributed by atoms with Crippen molar-refractivity contribution >= 4 is 0 Å². The molecule has 0 bridgehead atoms. The zero-order valence-electron chi connectivity index (χ0n) is 6.37. The predicted molar refractivity (Wildman–Crippen MR) is 43.3 cm³/mol. The molecule has 0 fully saturated rings. The second-order valence-corrected chi connectivity index (χ2v) is 2.16. The summed E-state index contributed by atoms with van der Waals surface area (Å²) in [6, 6.07) is 7.52. The molecule has 0 aliphatic carbocycles. The fourth-order valence-corrected chi connectivity index (χ4v) is 0.822. The van der Waals surface area contributed by atoms with Crippen LogP contribution >= 0.6 is 0 Å². The number of rotatable bonds is 2. The van der Waals surface area contributed by atoms with Crippen LogP contribution in [0.3, 0.4) is 0 Å². The number of nitrogens with zero attached hydrogens (tertiary/aromatic N) is 1. The quantitative estimate of drug-likeness (QED) is 0.584. The zero-order chi connectivity index (χ0) is 8.10. The van der Waals surface area contributed by atoms with E-state index in [0.29, 0.717) is 6.54 Å². The minimum absolute atomic E-state index is 0.448. The topological polar surface area (TPSA) is 13.6 Å². The first-order chi connectivity index (χ1) is 5.36.